The van der Waals surface area contributed by atoms with Crippen LogP contribution in [0.15, 0.2) is 60.8 Å². The van der Waals surface area contributed by atoms with E-state index >= 15 is 0 Å². The van der Waals surface area contributed by atoms with E-state index in [2.05, 4.69) is 39.4 Å². The molecule has 2 aliphatic rings. The number of hydrogen-bond acceptors (Lipinski definition) is 6. The van der Waals surface area contributed by atoms with Crippen molar-refractivity contribution >= 4 is 34.4 Å². The second-order valence-corrected chi connectivity index (χ2v) is 11.7. The summed E-state index contributed by atoms with van der Waals surface area (Å²) < 4.78 is 0. The molecule has 2 bridgehead atoms. The highest BCUT2D eigenvalue weighted by Gasteiger charge is 2.61. The van der Waals surface area contributed by atoms with Crippen molar-refractivity contribution in [2.24, 2.45) is 17.3 Å². The van der Waals surface area contributed by atoms with Gasteiger partial charge in [0.2, 0.25) is 5.91 Å². The van der Waals surface area contributed by atoms with Gasteiger partial charge in [-0.1, -0.05) is 32.8 Å². The number of aromatic nitrogens is 3. The molecule has 2 aliphatic carbocycles. The lowest BCUT2D eigenvalue weighted by atomic mass is 9.65. The van der Waals surface area contributed by atoms with E-state index in [1.165, 1.54) is 0 Å². The number of aliphatic hydroxyl groups is 1. The zero-order valence-corrected chi connectivity index (χ0v) is 23.3. The molecule has 0 saturated heterocycles. The maximum atomic E-state index is 13.8. The maximum absolute atomic E-state index is 13.8. The normalized spacial score (nSPS) is 25.2. The van der Waals surface area contributed by atoms with E-state index in [0.29, 0.717) is 58.2 Å². The molecule has 4 unspecified atom stereocenters. The lowest BCUT2D eigenvalue weighted by Gasteiger charge is -2.41. The Morgan fingerprint density at radius 1 is 1.02 bits per heavy atom. The fraction of sp³-hybridized carbons (Fsp3) is 0.375. The predicted molar refractivity (Wildman–Crippen MR) is 157 cm³/mol. The zero-order valence-electron chi connectivity index (χ0n) is 23.3. The van der Waals surface area contributed by atoms with Crippen LogP contribution < -0.4 is 10.6 Å². The van der Waals surface area contributed by atoms with Crippen LogP contribution >= 0.6 is 0 Å². The number of amides is 2. The van der Waals surface area contributed by atoms with Crippen molar-refractivity contribution < 1.29 is 19.8 Å². The summed E-state index contributed by atoms with van der Waals surface area (Å²) in [6, 6.07) is 15.5. The van der Waals surface area contributed by atoms with Gasteiger partial charge in [0.15, 0.2) is 0 Å². The number of H-pyrrole nitrogens is 1. The maximum Gasteiger partial charge on any atom is 0.256 e. The Labute approximate surface area is 238 Å². The number of phenols is 1. The van der Waals surface area contributed by atoms with Gasteiger partial charge in [-0.3, -0.25) is 9.59 Å². The van der Waals surface area contributed by atoms with Gasteiger partial charge in [0.25, 0.3) is 5.91 Å². The van der Waals surface area contributed by atoms with E-state index < -0.39 is 11.0 Å². The van der Waals surface area contributed by atoms with Crippen LogP contribution in [-0.4, -0.2) is 42.6 Å². The number of pyridine rings is 1. The van der Waals surface area contributed by atoms with Gasteiger partial charge in [-0.2, -0.15) is 0 Å². The monoisotopic (exact) mass is 553 g/mol. The molecule has 0 spiro atoms. The molecule has 2 heterocycles. The number of nitrogens with one attached hydrogen (secondary N) is 3. The number of nitrogens with zero attached hydrogens (tertiary/aromatic N) is 2. The third kappa shape index (κ3) is 4.95. The van der Waals surface area contributed by atoms with Gasteiger partial charge < -0.3 is 25.8 Å². The summed E-state index contributed by atoms with van der Waals surface area (Å²) in [5.74, 6) is 0.938. The minimum Gasteiger partial charge on any atom is -0.506 e. The number of aromatic hydroxyl groups is 1. The molecule has 2 saturated carbocycles. The van der Waals surface area contributed by atoms with Gasteiger partial charge >= 0.3 is 0 Å². The summed E-state index contributed by atoms with van der Waals surface area (Å²) in [4.78, 5) is 38.4. The number of carbonyl (C=O) groups is 2. The molecule has 0 radical (unpaired) electrons. The van der Waals surface area contributed by atoms with Crippen LogP contribution in [0.5, 0.6) is 5.75 Å². The summed E-state index contributed by atoms with van der Waals surface area (Å²) in [5, 5.41) is 27.9. The smallest absolute Gasteiger partial charge is 0.256 e. The van der Waals surface area contributed by atoms with Gasteiger partial charge in [0.05, 0.1) is 27.7 Å². The average molecular weight is 554 g/mol. The van der Waals surface area contributed by atoms with E-state index in [1.807, 2.05) is 0 Å². The first-order chi connectivity index (χ1) is 19.7. The number of imidazole rings is 1. The van der Waals surface area contributed by atoms with Crippen molar-refractivity contribution in [3.05, 3.63) is 66.4 Å². The Morgan fingerprint density at radius 2 is 1.88 bits per heavy atom. The molecule has 41 heavy (non-hydrogen) atoms. The molecule has 9 nitrogen and oxygen atoms in total. The largest absolute Gasteiger partial charge is 0.506 e. The van der Waals surface area contributed by atoms with E-state index in [-0.39, 0.29) is 23.5 Å². The van der Waals surface area contributed by atoms with Crippen molar-refractivity contribution in [3.63, 3.8) is 0 Å². The topological polar surface area (TPSA) is 140 Å². The summed E-state index contributed by atoms with van der Waals surface area (Å²) in [7, 11) is 0. The van der Waals surface area contributed by atoms with Crippen molar-refractivity contribution in [1.29, 1.82) is 0 Å². The summed E-state index contributed by atoms with van der Waals surface area (Å²) in [5.41, 5.74) is 1.35. The van der Waals surface area contributed by atoms with E-state index in [0.717, 1.165) is 25.7 Å². The molecule has 2 aromatic carbocycles. The first-order valence-corrected chi connectivity index (χ1v) is 14.3. The number of fused-ring (bicyclic) bond motifs is 3. The Morgan fingerprint density at radius 3 is 2.61 bits per heavy atom. The van der Waals surface area contributed by atoms with E-state index in [1.54, 1.807) is 60.8 Å². The Kier molecular flexibility index (Phi) is 6.77. The molecular weight excluding hydrogens is 518 g/mol. The SMILES string of the molecule is CCC1CC2(O)CC(CC)C(C(=O)Nc3ccc(-c4nc5ccc(C(=O)Nc6ccccn6)cc5[nH]4)cc3O)(C1)C2. The molecule has 212 valence electrons. The fourth-order valence-corrected chi connectivity index (χ4v) is 7.10. The number of hydrogen-bond donors (Lipinski definition) is 5. The molecule has 5 N–H and O–H groups in total. The third-order valence-electron chi connectivity index (χ3n) is 9.07. The van der Waals surface area contributed by atoms with Crippen molar-refractivity contribution in [3.8, 4) is 17.1 Å². The van der Waals surface area contributed by atoms with Crippen LogP contribution in [-0.2, 0) is 4.79 Å². The first-order valence-electron chi connectivity index (χ1n) is 14.3. The second-order valence-electron chi connectivity index (χ2n) is 11.7. The average Bonchev–Trinajstić information content (AvgIpc) is 3.49. The highest BCUT2D eigenvalue weighted by Crippen LogP contribution is 2.60. The molecule has 2 aromatic heterocycles. The highest BCUT2D eigenvalue weighted by molar-refractivity contribution is 6.05. The molecule has 4 aromatic rings. The summed E-state index contributed by atoms with van der Waals surface area (Å²) in [6.07, 6.45) is 6.01. The van der Waals surface area contributed by atoms with Crippen LogP contribution in [0.4, 0.5) is 11.5 Å². The molecule has 2 fully saturated rings. The number of aromatic amines is 1. The van der Waals surface area contributed by atoms with Crippen LogP contribution in [0.2, 0.25) is 0 Å². The number of rotatable bonds is 7. The third-order valence-corrected chi connectivity index (χ3v) is 9.07. The Balaban J connectivity index is 1.21. The second kappa shape index (κ2) is 10.3. The zero-order chi connectivity index (χ0) is 28.8. The summed E-state index contributed by atoms with van der Waals surface area (Å²) in [6.45, 7) is 4.20. The van der Waals surface area contributed by atoms with Crippen LogP contribution in [0.3, 0.4) is 0 Å². The molecule has 2 amide bonds. The number of benzene rings is 2. The quantitative estimate of drug-likeness (QED) is 0.181. The van der Waals surface area contributed by atoms with Gasteiger partial charge in [-0.25, -0.2) is 9.97 Å². The number of anilines is 2. The number of phenolic OH excluding ortho intramolecular Hbond substituents is 1. The molecule has 0 aliphatic heterocycles. The lowest BCUT2D eigenvalue weighted by Crippen LogP contribution is -2.45. The standard InChI is InChI=1S/C32H35N5O4/c1-3-19-15-31(41)17-22(4-2)32(16-19,18-31)30(40)36-24-11-8-20(14-26(24)38)28-34-23-10-9-21(13-25(23)35-28)29(39)37-27-7-5-6-12-33-27/h5-14,19,22,38,41H,3-4,15-18H2,1-2H3,(H,34,35)(H,36,40)(H,33,37,39). The first kappa shape index (κ1) is 27.0. The fourth-order valence-electron chi connectivity index (χ4n) is 7.10. The van der Waals surface area contributed by atoms with Crippen LogP contribution in [0.1, 0.15) is 62.7 Å². The van der Waals surface area contributed by atoms with Crippen LogP contribution in [0.25, 0.3) is 22.4 Å². The predicted octanol–water partition coefficient (Wildman–Crippen LogP) is 5.88. The van der Waals surface area contributed by atoms with Crippen molar-refractivity contribution in [1.82, 2.24) is 15.0 Å². The Hall–Kier alpha value is -4.24. The van der Waals surface area contributed by atoms with Gasteiger partial charge in [-0.15, -0.1) is 0 Å². The van der Waals surface area contributed by atoms with Gasteiger partial charge in [-0.05, 0) is 86.1 Å². The van der Waals surface area contributed by atoms with Gasteiger partial charge in [0.1, 0.15) is 17.4 Å². The minimum atomic E-state index is -0.789. The molecular formula is C32H35N5O4. The van der Waals surface area contributed by atoms with Crippen molar-refractivity contribution in [2.75, 3.05) is 10.6 Å². The molecule has 9 heteroatoms. The van der Waals surface area contributed by atoms with Crippen molar-refractivity contribution in [2.45, 2.75) is 58.0 Å². The Bertz CT molecular complexity index is 1620. The van der Waals surface area contributed by atoms with E-state index in [4.69, 9.17) is 0 Å². The number of carbonyl (C=O) groups excluding carboxylic acids is 2. The molecule has 6 rings (SSSR count). The van der Waals surface area contributed by atoms with Crippen LogP contribution in [0, 0.1) is 17.3 Å². The lowest BCUT2D eigenvalue weighted by molar-refractivity contribution is -0.132. The van der Waals surface area contributed by atoms with Gasteiger partial charge in [0, 0.05) is 17.3 Å². The highest BCUT2D eigenvalue weighted by atomic mass is 16.3. The minimum absolute atomic E-state index is 0.0627. The van der Waals surface area contributed by atoms with E-state index in [9.17, 15) is 19.8 Å². The molecule has 4 atom stereocenters. The summed E-state index contributed by atoms with van der Waals surface area (Å²) >= 11 is 0.